The van der Waals surface area contributed by atoms with Crippen LogP contribution in [0.4, 0.5) is 0 Å². The first-order valence-corrected chi connectivity index (χ1v) is 7.90. The van der Waals surface area contributed by atoms with Gasteiger partial charge in [-0.3, -0.25) is 0 Å². The summed E-state index contributed by atoms with van der Waals surface area (Å²) < 4.78 is 16.8. The summed E-state index contributed by atoms with van der Waals surface area (Å²) in [6, 6.07) is 6.72. The van der Waals surface area contributed by atoms with Gasteiger partial charge in [0.1, 0.15) is 0 Å². The minimum atomic E-state index is 0.224. The molecule has 1 saturated heterocycles. The van der Waals surface area contributed by atoms with Gasteiger partial charge in [-0.25, -0.2) is 0 Å². The van der Waals surface area contributed by atoms with Crippen LogP contribution in [0.15, 0.2) is 18.2 Å². The van der Waals surface area contributed by atoms with E-state index in [-0.39, 0.29) is 5.41 Å². The van der Waals surface area contributed by atoms with Crippen LogP contribution in [-0.4, -0.2) is 25.5 Å². The van der Waals surface area contributed by atoms with Gasteiger partial charge in [-0.15, -0.1) is 0 Å². The molecule has 0 radical (unpaired) electrons. The van der Waals surface area contributed by atoms with E-state index in [4.69, 9.17) is 14.2 Å². The van der Waals surface area contributed by atoms with E-state index >= 15 is 0 Å². The Morgan fingerprint density at radius 1 is 1.24 bits per heavy atom. The summed E-state index contributed by atoms with van der Waals surface area (Å²) in [7, 11) is 0. The lowest BCUT2D eigenvalue weighted by Gasteiger charge is -2.60. The lowest BCUT2D eigenvalue weighted by molar-refractivity contribution is -0.192. The molecule has 2 aliphatic heterocycles. The van der Waals surface area contributed by atoms with Crippen LogP contribution in [0.25, 0.3) is 0 Å². The number of hydrogen-bond acceptors (Lipinski definition) is 4. The molecule has 4 heteroatoms. The van der Waals surface area contributed by atoms with Gasteiger partial charge in [0, 0.05) is 30.5 Å². The molecule has 1 aromatic rings. The molecule has 4 rings (SSSR count). The Morgan fingerprint density at radius 2 is 2.10 bits per heavy atom. The largest absolute Gasteiger partial charge is 0.454 e. The average Bonchev–Trinajstić information content (AvgIpc) is 2.95. The highest BCUT2D eigenvalue weighted by atomic mass is 16.7. The smallest absolute Gasteiger partial charge is 0.231 e. The van der Waals surface area contributed by atoms with Crippen LogP contribution in [0.2, 0.25) is 0 Å². The Balaban J connectivity index is 1.42. The number of fused-ring (bicyclic) bond motifs is 2. The minimum Gasteiger partial charge on any atom is -0.454 e. The van der Waals surface area contributed by atoms with Crippen molar-refractivity contribution in [3.8, 4) is 11.5 Å². The van der Waals surface area contributed by atoms with Crippen LogP contribution in [0.1, 0.15) is 32.3 Å². The van der Waals surface area contributed by atoms with E-state index in [9.17, 15) is 0 Å². The molecule has 0 bridgehead atoms. The first-order valence-electron chi connectivity index (χ1n) is 7.90. The van der Waals surface area contributed by atoms with Crippen molar-refractivity contribution in [3.05, 3.63) is 23.8 Å². The Bertz CT molecular complexity index is 543. The summed E-state index contributed by atoms with van der Waals surface area (Å²) in [6.45, 7) is 6.77. The molecule has 0 aromatic heterocycles. The van der Waals surface area contributed by atoms with E-state index < -0.39 is 0 Å². The van der Waals surface area contributed by atoms with E-state index in [1.165, 1.54) is 18.4 Å². The van der Waals surface area contributed by atoms with Gasteiger partial charge < -0.3 is 19.5 Å². The van der Waals surface area contributed by atoms with E-state index in [1.54, 1.807) is 0 Å². The van der Waals surface area contributed by atoms with Crippen molar-refractivity contribution in [3.63, 3.8) is 0 Å². The van der Waals surface area contributed by atoms with Crippen LogP contribution in [0.5, 0.6) is 11.5 Å². The lowest BCUT2D eigenvalue weighted by atomic mass is 9.55. The summed E-state index contributed by atoms with van der Waals surface area (Å²) in [4.78, 5) is 0. The molecule has 4 nitrogen and oxygen atoms in total. The molecule has 2 heterocycles. The van der Waals surface area contributed by atoms with Gasteiger partial charge in [0.15, 0.2) is 11.5 Å². The summed E-state index contributed by atoms with van der Waals surface area (Å²) in [5.41, 5.74) is 1.47. The molecule has 1 N–H and O–H groups in total. The normalized spacial score (nSPS) is 32.4. The molecular formula is C17H23NO3. The van der Waals surface area contributed by atoms with Crippen molar-refractivity contribution < 1.29 is 14.2 Å². The first-order chi connectivity index (χ1) is 10.2. The number of benzene rings is 1. The highest BCUT2D eigenvalue weighted by Gasteiger charge is 2.57. The van der Waals surface area contributed by atoms with E-state index in [2.05, 4.69) is 31.3 Å². The monoisotopic (exact) mass is 289 g/mol. The quantitative estimate of drug-likeness (QED) is 0.928. The Hall–Kier alpha value is -1.26. The van der Waals surface area contributed by atoms with Crippen molar-refractivity contribution >= 4 is 0 Å². The summed E-state index contributed by atoms with van der Waals surface area (Å²) in [5.74, 6) is 2.38. The van der Waals surface area contributed by atoms with E-state index in [0.717, 1.165) is 24.7 Å². The van der Waals surface area contributed by atoms with Gasteiger partial charge in [-0.05, 0) is 30.5 Å². The second-order valence-electron chi connectivity index (χ2n) is 6.97. The van der Waals surface area contributed by atoms with Crippen molar-refractivity contribution in [1.29, 1.82) is 0 Å². The Labute approximate surface area is 125 Å². The minimum absolute atomic E-state index is 0.224. The zero-order valence-electron chi connectivity index (χ0n) is 12.7. The van der Waals surface area contributed by atoms with Gasteiger partial charge in [0.2, 0.25) is 6.79 Å². The van der Waals surface area contributed by atoms with Gasteiger partial charge in [-0.1, -0.05) is 19.9 Å². The molecule has 1 saturated carbocycles. The average molecular weight is 289 g/mol. The lowest BCUT2D eigenvalue weighted by Crippen LogP contribution is -2.69. The molecule has 3 atom stereocenters. The number of rotatable bonds is 3. The van der Waals surface area contributed by atoms with Crippen molar-refractivity contribution in [2.45, 2.75) is 45.4 Å². The van der Waals surface area contributed by atoms with E-state index in [0.29, 0.717) is 24.9 Å². The fourth-order valence-electron chi connectivity index (χ4n) is 4.22. The zero-order chi connectivity index (χ0) is 14.4. The molecule has 2 fully saturated rings. The fraction of sp³-hybridized carbons (Fsp3) is 0.647. The third-order valence-corrected chi connectivity index (χ3v) is 5.29. The molecule has 3 aliphatic rings. The van der Waals surface area contributed by atoms with Crippen LogP contribution < -0.4 is 14.8 Å². The zero-order valence-corrected chi connectivity index (χ0v) is 12.7. The van der Waals surface area contributed by atoms with Crippen molar-refractivity contribution in [2.24, 2.45) is 11.3 Å². The second kappa shape index (κ2) is 4.89. The highest BCUT2D eigenvalue weighted by molar-refractivity contribution is 5.44. The first kappa shape index (κ1) is 13.4. The SMILES string of the molecule is CC1(C)[C@H](NCc2ccc3c(c2)OCO3)[C@@H]2CCCO[C@H]21. The van der Waals surface area contributed by atoms with Crippen LogP contribution in [0, 0.1) is 11.3 Å². The number of nitrogens with one attached hydrogen (secondary N) is 1. The number of hydrogen-bond donors (Lipinski definition) is 1. The standard InChI is InChI=1S/C17H23NO3/c1-17(2)15(12-4-3-7-19-16(12)17)18-9-11-5-6-13-14(8-11)21-10-20-13/h5-6,8,12,15-16,18H,3-4,7,9-10H2,1-2H3/t12-,15+,16+/m0/s1. The summed E-state index contributed by atoms with van der Waals surface area (Å²) >= 11 is 0. The van der Waals surface area contributed by atoms with E-state index in [1.807, 2.05) is 6.07 Å². The second-order valence-corrected chi connectivity index (χ2v) is 6.97. The Kier molecular flexibility index (Phi) is 3.12. The maximum Gasteiger partial charge on any atom is 0.231 e. The Morgan fingerprint density at radius 3 is 3.00 bits per heavy atom. The van der Waals surface area contributed by atoms with Gasteiger partial charge >= 0.3 is 0 Å². The molecule has 1 aliphatic carbocycles. The van der Waals surface area contributed by atoms with Gasteiger partial charge in [0.05, 0.1) is 6.10 Å². The van der Waals surface area contributed by atoms with Crippen LogP contribution in [0.3, 0.4) is 0 Å². The molecule has 114 valence electrons. The van der Waals surface area contributed by atoms with Crippen LogP contribution >= 0.6 is 0 Å². The maximum absolute atomic E-state index is 5.96. The van der Waals surface area contributed by atoms with Crippen molar-refractivity contribution in [2.75, 3.05) is 13.4 Å². The molecule has 0 amide bonds. The third kappa shape index (κ3) is 2.12. The maximum atomic E-state index is 5.96. The fourth-order valence-corrected chi connectivity index (χ4v) is 4.22. The molecule has 0 spiro atoms. The van der Waals surface area contributed by atoms with Crippen LogP contribution in [-0.2, 0) is 11.3 Å². The molecule has 1 aromatic carbocycles. The molecular weight excluding hydrogens is 266 g/mol. The number of ether oxygens (including phenoxy) is 3. The predicted molar refractivity (Wildman–Crippen MR) is 79.4 cm³/mol. The van der Waals surface area contributed by atoms with Gasteiger partial charge in [-0.2, -0.15) is 0 Å². The summed E-state index contributed by atoms with van der Waals surface area (Å²) in [5, 5.41) is 3.74. The molecule has 21 heavy (non-hydrogen) atoms. The predicted octanol–water partition coefficient (Wildman–Crippen LogP) is 2.71. The summed E-state index contributed by atoms with van der Waals surface area (Å²) in [6.07, 6.45) is 2.91. The van der Waals surface area contributed by atoms with Gasteiger partial charge in [0.25, 0.3) is 0 Å². The molecule has 0 unspecified atom stereocenters. The topological polar surface area (TPSA) is 39.7 Å². The highest BCUT2D eigenvalue weighted by Crippen LogP contribution is 2.51. The third-order valence-electron chi connectivity index (χ3n) is 5.29. The van der Waals surface area contributed by atoms with Crippen molar-refractivity contribution in [1.82, 2.24) is 5.32 Å².